The molecule has 3 aromatic rings. The van der Waals surface area contributed by atoms with Crippen LogP contribution in [0.3, 0.4) is 0 Å². The van der Waals surface area contributed by atoms with E-state index in [0.717, 1.165) is 0 Å². The number of hydrogen-bond acceptors (Lipinski definition) is 7. The molecule has 0 spiro atoms. The molecule has 0 aliphatic heterocycles. The molecule has 1 aliphatic rings. The molecule has 1 atom stereocenters. The second kappa shape index (κ2) is 6.84. The van der Waals surface area contributed by atoms with Crippen LogP contribution in [0.15, 0.2) is 42.9 Å². The molecule has 2 aromatic heterocycles. The Labute approximate surface area is 149 Å². The highest BCUT2D eigenvalue weighted by Crippen LogP contribution is 2.29. The summed E-state index contributed by atoms with van der Waals surface area (Å²) in [6, 6.07) is 9.28. The molecule has 0 radical (unpaired) electrons. The van der Waals surface area contributed by atoms with E-state index in [1.54, 1.807) is 6.07 Å². The highest BCUT2D eigenvalue weighted by Gasteiger charge is 2.26. The van der Waals surface area contributed by atoms with Gasteiger partial charge in [-0.3, -0.25) is 9.78 Å². The van der Waals surface area contributed by atoms with Crippen LogP contribution in [0.4, 0.5) is 0 Å². The molecule has 1 aromatic carbocycles. The normalized spacial score (nSPS) is 14.6. The molecular formula is C19H15N5O2. The molecule has 4 rings (SSSR count). The van der Waals surface area contributed by atoms with Crippen LogP contribution >= 0.6 is 0 Å². The van der Waals surface area contributed by atoms with Gasteiger partial charge < -0.3 is 4.74 Å². The van der Waals surface area contributed by atoms with Crippen LogP contribution in [0.1, 0.15) is 34.9 Å². The molecule has 0 unspecified atom stereocenters. The van der Waals surface area contributed by atoms with Crippen molar-refractivity contribution in [3.05, 3.63) is 54.2 Å². The fraction of sp³-hybridized carbons (Fsp3) is 0.263. The molecule has 2 heterocycles. The Morgan fingerprint density at radius 3 is 2.65 bits per heavy atom. The minimum Gasteiger partial charge on any atom is -0.476 e. The van der Waals surface area contributed by atoms with Gasteiger partial charge in [0.2, 0.25) is 11.7 Å². The van der Waals surface area contributed by atoms with E-state index in [1.165, 1.54) is 31.4 Å². The van der Waals surface area contributed by atoms with Crippen molar-refractivity contribution in [1.29, 1.82) is 5.26 Å². The van der Waals surface area contributed by atoms with E-state index < -0.39 is 11.7 Å². The van der Waals surface area contributed by atoms with Crippen LogP contribution in [0.5, 0.6) is 5.88 Å². The SMILES string of the molecule is N#C[C@@H](C(=O)c1cnc(OCC2CC2)cn1)c1cnc2ccccc2n1. The Kier molecular flexibility index (Phi) is 4.23. The van der Waals surface area contributed by atoms with Gasteiger partial charge in [0, 0.05) is 0 Å². The Balaban J connectivity index is 1.54. The molecule has 0 saturated heterocycles. The van der Waals surface area contributed by atoms with Gasteiger partial charge in [0.05, 0.1) is 48.0 Å². The van der Waals surface area contributed by atoms with Crippen molar-refractivity contribution in [1.82, 2.24) is 19.9 Å². The van der Waals surface area contributed by atoms with Gasteiger partial charge >= 0.3 is 0 Å². The van der Waals surface area contributed by atoms with Crippen molar-refractivity contribution in [2.24, 2.45) is 5.92 Å². The number of ether oxygens (including phenoxy) is 1. The summed E-state index contributed by atoms with van der Waals surface area (Å²) in [5.41, 5.74) is 1.74. The number of ketones is 1. The van der Waals surface area contributed by atoms with Crippen molar-refractivity contribution in [3.8, 4) is 11.9 Å². The quantitative estimate of drug-likeness (QED) is 0.633. The van der Waals surface area contributed by atoms with E-state index in [0.29, 0.717) is 35.1 Å². The zero-order chi connectivity index (χ0) is 17.9. The fourth-order valence-corrected chi connectivity index (χ4v) is 2.52. The first-order valence-electron chi connectivity index (χ1n) is 8.35. The number of hydrogen-bond donors (Lipinski definition) is 0. The Morgan fingerprint density at radius 2 is 1.96 bits per heavy atom. The predicted octanol–water partition coefficient (Wildman–Crippen LogP) is 2.70. The van der Waals surface area contributed by atoms with E-state index in [4.69, 9.17) is 4.74 Å². The maximum atomic E-state index is 12.7. The summed E-state index contributed by atoms with van der Waals surface area (Å²) in [5, 5.41) is 9.48. The number of para-hydroxylation sites is 2. The minimum absolute atomic E-state index is 0.102. The predicted molar refractivity (Wildman–Crippen MR) is 92.5 cm³/mol. The second-order valence-electron chi connectivity index (χ2n) is 6.20. The molecule has 26 heavy (non-hydrogen) atoms. The van der Waals surface area contributed by atoms with Crippen molar-refractivity contribution in [2.45, 2.75) is 18.8 Å². The number of carbonyl (C=O) groups excluding carboxylic acids is 1. The van der Waals surface area contributed by atoms with Crippen molar-refractivity contribution in [3.63, 3.8) is 0 Å². The van der Waals surface area contributed by atoms with Gasteiger partial charge in [-0.1, -0.05) is 12.1 Å². The van der Waals surface area contributed by atoms with E-state index in [9.17, 15) is 10.1 Å². The Hall–Kier alpha value is -3.40. The zero-order valence-corrected chi connectivity index (χ0v) is 13.9. The van der Waals surface area contributed by atoms with Crippen LogP contribution in [-0.4, -0.2) is 32.3 Å². The second-order valence-corrected chi connectivity index (χ2v) is 6.20. The number of carbonyl (C=O) groups is 1. The third kappa shape index (κ3) is 3.35. The molecule has 0 bridgehead atoms. The highest BCUT2D eigenvalue weighted by molar-refractivity contribution is 6.00. The molecule has 1 fully saturated rings. The van der Waals surface area contributed by atoms with E-state index >= 15 is 0 Å². The Bertz CT molecular complexity index is 993. The summed E-state index contributed by atoms with van der Waals surface area (Å²) in [6.45, 7) is 0.621. The number of benzene rings is 1. The third-order valence-corrected chi connectivity index (χ3v) is 4.20. The van der Waals surface area contributed by atoms with E-state index in [1.807, 2.05) is 24.3 Å². The fourth-order valence-electron chi connectivity index (χ4n) is 2.52. The molecule has 0 amide bonds. The van der Waals surface area contributed by atoms with Crippen molar-refractivity contribution < 1.29 is 9.53 Å². The summed E-state index contributed by atoms with van der Waals surface area (Å²) in [4.78, 5) is 29.5. The molecule has 7 heteroatoms. The van der Waals surface area contributed by atoms with Crippen LogP contribution < -0.4 is 4.74 Å². The maximum Gasteiger partial charge on any atom is 0.232 e. The lowest BCUT2D eigenvalue weighted by atomic mass is 10.00. The average molecular weight is 345 g/mol. The molecule has 7 nitrogen and oxygen atoms in total. The zero-order valence-electron chi connectivity index (χ0n) is 13.9. The van der Waals surface area contributed by atoms with Crippen LogP contribution in [0.2, 0.25) is 0 Å². The number of fused-ring (bicyclic) bond motifs is 1. The smallest absolute Gasteiger partial charge is 0.232 e. The summed E-state index contributed by atoms with van der Waals surface area (Å²) < 4.78 is 5.51. The van der Waals surface area contributed by atoms with Gasteiger partial charge in [-0.2, -0.15) is 5.26 Å². The lowest BCUT2D eigenvalue weighted by Crippen LogP contribution is -2.15. The number of rotatable bonds is 6. The number of aromatic nitrogens is 4. The van der Waals surface area contributed by atoms with Crippen LogP contribution in [0, 0.1) is 17.2 Å². The van der Waals surface area contributed by atoms with Crippen molar-refractivity contribution in [2.75, 3.05) is 6.61 Å². The standard InChI is InChI=1S/C19H15N5O2/c20-7-13(16-8-21-14-3-1-2-4-15(14)24-16)19(25)17-9-23-18(10-22-17)26-11-12-5-6-12/h1-4,8-10,12-13H,5-6,11H2/t13-/m1/s1. The molecule has 0 N–H and O–H groups in total. The van der Waals surface area contributed by atoms with Gasteiger partial charge in [0.15, 0.2) is 5.92 Å². The maximum absolute atomic E-state index is 12.7. The highest BCUT2D eigenvalue weighted by atomic mass is 16.5. The first-order chi connectivity index (χ1) is 12.7. The van der Waals surface area contributed by atoms with Crippen LogP contribution in [-0.2, 0) is 0 Å². The summed E-state index contributed by atoms with van der Waals surface area (Å²) >= 11 is 0. The molecule has 128 valence electrons. The number of nitrogens with zero attached hydrogens (tertiary/aromatic N) is 5. The minimum atomic E-state index is -1.08. The number of nitriles is 1. The Morgan fingerprint density at radius 1 is 1.15 bits per heavy atom. The first-order valence-corrected chi connectivity index (χ1v) is 8.35. The summed E-state index contributed by atoms with van der Waals surface area (Å²) in [6.07, 6.45) is 6.56. The van der Waals surface area contributed by atoms with Gasteiger partial charge in [-0.15, -0.1) is 0 Å². The summed E-state index contributed by atoms with van der Waals surface area (Å²) in [5.74, 6) is -0.557. The third-order valence-electron chi connectivity index (χ3n) is 4.20. The molecule has 1 aliphatic carbocycles. The van der Waals surface area contributed by atoms with Gasteiger partial charge in [0.1, 0.15) is 5.69 Å². The van der Waals surface area contributed by atoms with Gasteiger partial charge in [-0.25, -0.2) is 15.0 Å². The van der Waals surface area contributed by atoms with Crippen molar-refractivity contribution >= 4 is 16.8 Å². The lowest BCUT2D eigenvalue weighted by molar-refractivity contribution is 0.0972. The van der Waals surface area contributed by atoms with Gasteiger partial charge in [0.25, 0.3) is 0 Å². The van der Waals surface area contributed by atoms with E-state index in [2.05, 4.69) is 19.9 Å². The topological polar surface area (TPSA) is 102 Å². The monoisotopic (exact) mass is 345 g/mol. The largest absolute Gasteiger partial charge is 0.476 e. The summed E-state index contributed by atoms with van der Waals surface area (Å²) in [7, 11) is 0. The first kappa shape index (κ1) is 16.1. The number of Topliss-reactive ketones (excluding diaryl/α,β-unsaturated/α-hetero) is 1. The van der Waals surface area contributed by atoms with Gasteiger partial charge in [-0.05, 0) is 30.9 Å². The average Bonchev–Trinajstić information content (AvgIpc) is 3.52. The van der Waals surface area contributed by atoms with E-state index in [-0.39, 0.29) is 5.69 Å². The molecule has 1 saturated carbocycles. The molecular weight excluding hydrogens is 330 g/mol. The lowest BCUT2D eigenvalue weighted by Gasteiger charge is -2.08. The van der Waals surface area contributed by atoms with Crippen LogP contribution in [0.25, 0.3) is 11.0 Å².